The molecule has 2 unspecified atom stereocenters. The molecular weight excluding hydrogens is 499 g/mol. The number of benzene rings is 2. The first-order valence-electron chi connectivity index (χ1n) is 9.30. The highest BCUT2D eigenvalue weighted by molar-refractivity contribution is 9.10. The molecule has 1 aliphatic carbocycles. The van der Waals surface area contributed by atoms with Crippen LogP contribution in [0.3, 0.4) is 0 Å². The molecule has 30 heavy (non-hydrogen) atoms. The minimum Gasteiger partial charge on any atom is -0.389 e. The van der Waals surface area contributed by atoms with Crippen molar-refractivity contribution in [2.45, 2.75) is 49.1 Å². The Balaban J connectivity index is 1.84. The van der Waals surface area contributed by atoms with E-state index in [1.807, 2.05) is 0 Å². The van der Waals surface area contributed by atoms with E-state index in [1.165, 1.54) is 36.4 Å². The number of hydrogen-bond acceptors (Lipinski definition) is 4. The van der Waals surface area contributed by atoms with Crippen molar-refractivity contribution in [3.8, 4) is 0 Å². The Hall–Kier alpha value is -1.52. The third-order valence-electron chi connectivity index (χ3n) is 5.13. The molecule has 0 spiro atoms. The molecule has 2 aromatic carbocycles. The van der Waals surface area contributed by atoms with Gasteiger partial charge in [0.15, 0.2) is 0 Å². The number of aliphatic hydroxyl groups is 1. The van der Waals surface area contributed by atoms with E-state index in [4.69, 9.17) is 11.6 Å². The number of carbonyl (C=O) groups excluding carboxylic acids is 1. The van der Waals surface area contributed by atoms with Crippen LogP contribution < -0.4 is 10.0 Å². The molecule has 0 aromatic heterocycles. The molecule has 0 aliphatic heterocycles. The van der Waals surface area contributed by atoms with Crippen molar-refractivity contribution in [2.24, 2.45) is 0 Å². The van der Waals surface area contributed by atoms with E-state index in [2.05, 4.69) is 26.0 Å². The van der Waals surface area contributed by atoms with E-state index in [0.717, 1.165) is 12.8 Å². The summed E-state index contributed by atoms with van der Waals surface area (Å²) in [5, 5.41) is 13.1. The Morgan fingerprint density at radius 3 is 2.67 bits per heavy atom. The van der Waals surface area contributed by atoms with E-state index in [1.54, 1.807) is 6.92 Å². The average Bonchev–Trinajstić information content (AvgIpc) is 2.66. The summed E-state index contributed by atoms with van der Waals surface area (Å²) >= 11 is 9.16. The number of nitrogens with one attached hydrogen (secondary N) is 2. The number of carbonyl (C=O) groups is 1. The minimum atomic E-state index is -4.08. The maximum atomic E-state index is 13.4. The average molecular weight is 520 g/mol. The van der Waals surface area contributed by atoms with Gasteiger partial charge in [-0.1, -0.05) is 24.4 Å². The second-order valence-electron chi connectivity index (χ2n) is 7.51. The van der Waals surface area contributed by atoms with Crippen molar-refractivity contribution in [3.63, 3.8) is 0 Å². The molecule has 1 fully saturated rings. The largest absolute Gasteiger partial charge is 0.389 e. The Labute approximate surface area is 188 Å². The van der Waals surface area contributed by atoms with Gasteiger partial charge in [-0.25, -0.2) is 17.5 Å². The van der Waals surface area contributed by atoms with Crippen LogP contribution in [0.15, 0.2) is 45.8 Å². The molecule has 2 atom stereocenters. The predicted octanol–water partition coefficient (Wildman–Crippen LogP) is 4.47. The summed E-state index contributed by atoms with van der Waals surface area (Å²) in [6, 6.07) is 7.22. The van der Waals surface area contributed by atoms with Crippen molar-refractivity contribution >= 4 is 49.1 Å². The van der Waals surface area contributed by atoms with Gasteiger partial charge >= 0.3 is 0 Å². The van der Waals surface area contributed by atoms with Gasteiger partial charge in [0.1, 0.15) is 10.7 Å². The molecule has 0 heterocycles. The topological polar surface area (TPSA) is 95.5 Å². The van der Waals surface area contributed by atoms with Crippen LogP contribution in [-0.4, -0.2) is 31.1 Å². The Bertz CT molecular complexity index is 1080. The monoisotopic (exact) mass is 518 g/mol. The van der Waals surface area contributed by atoms with Gasteiger partial charge in [0.05, 0.1) is 21.1 Å². The SMILES string of the molecule is CC1(O)CCCCC1NS(=O)(=O)c1cc(C(=O)Nc2ccc(F)c(Br)c2)ccc1Cl. The van der Waals surface area contributed by atoms with E-state index >= 15 is 0 Å². The first kappa shape index (κ1) is 23.1. The highest BCUT2D eigenvalue weighted by Gasteiger charge is 2.37. The van der Waals surface area contributed by atoms with Crippen molar-refractivity contribution < 1.29 is 22.7 Å². The van der Waals surface area contributed by atoms with Crippen LogP contribution in [0.5, 0.6) is 0 Å². The maximum Gasteiger partial charge on any atom is 0.255 e. The zero-order valence-corrected chi connectivity index (χ0v) is 19.2. The summed E-state index contributed by atoms with van der Waals surface area (Å²) in [6.45, 7) is 1.60. The number of amides is 1. The summed E-state index contributed by atoms with van der Waals surface area (Å²) in [5.74, 6) is -1.05. The van der Waals surface area contributed by atoms with E-state index in [-0.39, 0.29) is 20.0 Å². The number of hydrogen-bond donors (Lipinski definition) is 3. The zero-order valence-electron chi connectivity index (χ0n) is 16.1. The Morgan fingerprint density at radius 1 is 1.27 bits per heavy atom. The van der Waals surface area contributed by atoms with Crippen molar-refractivity contribution in [3.05, 3.63) is 57.3 Å². The Morgan fingerprint density at radius 2 is 2.00 bits per heavy atom. The molecule has 1 amide bonds. The Kier molecular flexibility index (Phi) is 6.88. The fourth-order valence-electron chi connectivity index (χ4n) is 3.38. The smallest absolute Gasteiger partial charge is 0.255 e. The van der Waals surface area contributed by atoms with Crippen LogP contribution >= 0.6 is 27.5 Å². The van der Waals surface area contributed by atoms with Gasteiger partial charge in [-0.3, -0.25) is 4.79 Å². The zero-order chi connectivity index (χ0) is 22.1. The minimum absolute atomic E-state index is 0.0426. The molecular formula is C20H21BrClFN2O4S. The van der Waals surface area contributed by atoms with Crippen LogP contribution in [0.4, 0.5) is 10.1 Å². The van der Waals surface area contributed by atoms with Crippen molar-refractivity contribution in [1.82, 2.24) is 4.72 Å². The number of anilines is 1. The summed E-state index contributed by atoms with van der Waals surface area (Å²) in [5.41, 5.74) is -0.761. The third-order valence-corrected chi connectivity index (χ3v) is 7.70. The van der Waals surface area contributed by atoms with E-state index in [9.17, 15) is 22.7 Å². The highest BCUT2D eigenvalue weighted by Crippen LogP contribution is 2.31. The molecule has 6 nitrogen and oxygen atoms in total. The van der Waals surface area contributed by atoms with Gasteiger partial charge in [0, 0.05) is 11.3 Å². The van der Waals surface area contributed by atoms with Gasteiger partial charge in [-0.05, 0) is 72.1 Å². The van der Waals surface area contributed by atoms with Gasteiger partial charge < -0.3 is 10.4 Å². The first-order chi connectivity index (χ1) is 14.0. The molecule has 1 aliphatic rings. The lowest BCUT2D eigenvalue weighted by atomic mass is 9.82. The molecule has 0 radical (unpaired) electrons. The van der Waals surface area contributed by atoms with Crippen LogP contribution in [-0.2, 0) is 10.0 Å². The van der Waals surface area contributed by atoms with E-state index in [0.29, 0.717) is 18.5 Å². The number of rotatable bonds is 5. The molecule has 0 saturated heterocycles. The van der Waals surface area contributed by atoms with Crippen molar-refractivity contribution in [2.75, 3.05) is 5.32 Å². The third kappa shape index (κ3) is 5.20. The summed E-state index contributed by atoms with van der Waals surface area (Å²) in [7, 11) is -4.08. The second-order valence-corrected chi connectivity index (χ2v) is 10.4. The van der Waals surface area contributed by atoms with Gasteiger partial charge in [0.2, 0.25) is 10.0 Å². The van der Waals surface area contributed by atoms with E-state index < -0.39 is 33.4 Å². The fraction of sp³-hybridized carbons (Fsp3) is 0.350. The normalized spacial score (nSPS) is 22.0. The molecule has 0 bridgehead atoms. The van der Waals surface area contributed by atoms with Crippen LogP contribution in [0.25, 0.3) is 0 Å². The summed E-state index contributed by atoms with van der Waals surface area (Å²) in [6.07, 6.45) is 2.61. The fourth-order valence-corrected chi connectivity index (χ4v) is 5.66. The standard InChI is InChI=1S/C20H21BrClFN2O4S/c1-20(27)9-3-2-4-18(20)25-30(28,29)17-10-12(5-7-15(17)22)19(26)24-13-6-8-16(23)14(21)11-13/h5-8,10-11,18,25,27H,2-4,9H2,1H3,(H,24,26). The first-order valence-corrected chi connectivity index (χ1v) is 12.0. The second kappa shape index (κ2) is 8.92. The quantitative estimate of drug-likeness (QED) is 0.543. The molecule has 10 heteroatoms. The van der Waals surface area contributed by atoms with Crippen molar-refractivity contribution in [1.29, 1.82) is 0 Å². The maximum absolute atomic E-state index is 13.4. The molecule has 3 rings (SSSR count). The molecule has 3 N–H and O–H groups in total. The highest BCUT2D eigenvalue weighted by atomic mass is 79.9. The number of halogens is 3. The van der Waals surface area contributed by atoms with Gasteiger partial charge in [-0.2, -0.15) is 0 Å². The molecule has 162 valence electrons. The molecule has 1 saturated carbocycles. The summed E-state index contributed by atoms with van der Waals surface area (Å²) in [4.78, 5) is 12.3. The van der Waals surface area contributed by atoms with Crippen LogP contribution in [0.1, 0.15) is 43.0 Å². The lowest BCUT2D eigenvalue weighted by molar-refractivity contribution is -0.00220. The van der Waals surface area contributed by atoms with Gasteiger partial charge in [0.25, 0.3) is 5.91 Å². The van der Waals surface area contributed by atoms with Crippen LogP contribution in [0.2, 0.25) is 5.02 Å². The lowest BCUT2D eigenvalue weighted by Gasteiger charge is -2.37. The van der Waals surface area contributed by atoms with Crippen LogP contribution in [0, 0.1) is 5.82 Å². The lowest BCUT2D eigenvalue weighted by Crippen LogP contribution is -2.52. The van der Waals surface area contributed by atoms with Gasteiger partial charge in [-0.15, -0.1) is 0 Å². The molecule has 2 aromatic rings. The summed E-state index contributed by atoms with van der Waals surface area (Å²) < 4.78 is 42.0. The number of sulfonamides is 1. The predicted molar refractivity (Wildman–Crippen MR) is 117 cm³/mol.